The van der Waals surface area contributed by atoms with Gasteiger partial charge in [-0.1, -0.05) is 24.8 Å². The standard InChI is InChI=1S/C24H24N4O4S/c1-2-23(29)27-20-15-28(16-20)33(31,32)21-9-7-19(8-10-21)24(30)26-13-11-17-5-6-18-4-3-12-25-22(18)14-17/h2-10,12,14,20H,1,11,13,15-16H2,(H,26,30)(H,27,29). The van der Waals surface area contributed by atoms with E-state index >= 15 is 0 Å². The summed E-state index contributed by atoms with van der Waals surface area (Å²) in [6.45, 7) is 4.23. The van der Waals surface area contributed by atoms with Gasteiger partial charge in [0.2, 0.25) is 15.9 Å². The van der Waals surface area contributed by atoms with Gasteiger partial charge in [-0.3, -0.25) is 14.6 Å². The maximum atomic E-state index is 12.7. The van der Waals surface area contributed by atoms with Crippen LogP contribution in [0.25, 0.3) is 10.9 Å². The molecule has 33 heavy (non-hydrogen) atoms. The summed E-state index contributed by atoms with van der Waals surface area (Å²) in [4.78, 5) is 28.2. The normalized spacial score (nSPS) is 14.4. The molecule has 0 saturated carbocycles. The summed E-state index contributed by atoms with van der Waals surface area (Å²) in [6, 6.07) is 15.5. The van der Waals surface area contributed by atoms with Crippen LogP contribution in [0.4, 0.5) is 0 Å². The predicted octanol–water partition coefficient (Wildman–Crippen LogP) is 1.88. The molecule has 0 aliphatic carbocycles. The highest BCUT2D eigenvalue weighted by molar-refractivity contribution is 7.89. The molecular formula is C24H24N4O4S. The predicted molar refractivity (Wildman–Crippen MR) is 125 cm³/mol. The quantitative estimate of drug-likeness (QED) is 0.495. The van der Waals surface area contributed by atoms with Gasteiger partial charge in [0.15, 0.2) is 0 Å². The highest BCUT2D eigenvalue weighted by atomic mass is 32.2. The summed E-state index contributed by atoms with van der Waals surface area (Å²) < 4.78 is 26.7. The summed E-state index contributed by atoms with van der Waals surface area (Å²) in [5.74, 6) is -0.598. The zero-order chi connectivity index (χ0) is 23.4. The second kappa shape index (κ2) is 9.51. The van der Waals surface area contributed by atoms with Crippen LogP contribution in [0.15, 0.2) is 78.3 Å². The van der Waals surface area contributed by atoms with Crippen molar-refractivity contribution >= 4 is 32.7 Å². The Hall–Kier alpha value is -3.56. The Kier molecular flexibility index (Phi) is 6.52. The first-order valence-electron chi connectivity index (χ1n) is 10.5. The number of nitrogens with zero attached hydrogens (tertiary/aromatic N) is 2. The number of pyridine rings is 1. The van der Waals surface area contributed by atoms with Gasteiger partial charge in [0.05, 0.1) is 16.5 Å². The third kappa shape index (κ3) is 5.10. The zero-order valence-electron chi connectivity index (χ0n) is 17.9. The van der Waals surface area contributed by atoms with E-state index in [9.17, 15) is 18.0 Å². The van der Waals surface area contributed by atoms with Gasteiger partial charge in [-0.2, -0.15) is 4.31 Å². The largest absolute Gasteiger partial charge is 0.352 e. The molecule has 3 aromatic rings. The molecule has 0 atom stereocenters. The van der Waals surface area contributed by atoms with Gasteiger partial charge >= 0.3 is 0 Å². The van der Waals surface area contributed by atoms with E-state index in [1.807, 2.05) is 30.3 Å². The van der Waals surface area contributed by atoms with Gasteiger partial charge in [0.1, 0.15) is 0 Å². The maximum Gasteiger partial charge on any atom is 0.251 e. The van der Waals surface area contributed by atoms with E-state index < -0.39 is 10.0 Å². The number of amides is 2. The van der Waals surface area contributed by atoms with Gasteiger partial charge in [-0.05, 0) is 54.5 Å². The first-order valence-corrected chi connectivity index (χ1v) is 12.0. The lowest BCUT2D eigenvalue weighted by molar-refractivity contribution is -0.117. The zero-order valence-corrected chi connectivity index (χ0v) is 18.7. The number of carbonyl (C=O) groups excluding carboxylic acids is 2. The Balaban J connectivity index is 1.30. The van der Waals surface area contributed by atoms with Crippen LogP contribution in [0.3, 0.4) is 0 Å². The molecule has 2 N–H and O–H groups in total. The van der Waals surface area contributed by atoms with E-state index in [-0.39, 0.29) is 35.8 Å². The van der Waals surface area contributed by atoms with Crippen molar-refractivity contribution in [2.75, 3.05) is 19.6 Å². The molecule has 4 rings (SSSR count). The fourth-order valence-electron chi connectivity index (χ4n) is 3.60. The highest BCUT2D eigenvalue weighted by Crippen LogP contribution is 2.22. The van der Waals surface area contributed by atoms with Crippen molar-refractivity contribution in [2.24, 2.45) is 0 Å². The van der Waals surface area contributed by atoms with E-state index in [2.05, 4.69) is 22.2 Å². The topological polar surface area (TPSA) is 108 Å². The average molecular weight is 465 g/mol. The molecule has 2 aromatic carbocycles. The first-order chi connectivity index (χ1) is 15.9. The van der Waals surface area contributed by atoms with Crippen LogP contribution < -0.4 is 10.6 Å². The first kappa shape index (κ1) is 22.6. The van der Waals surface area contributed by atoms with E-state index in [4.69, 9.17) is 0 Å². The van der Waals surface area contributed by atoms with Crippen LogP contribution in [0.1, 0.15) is 15.9 Å². The number of rotatable bonds is 8. The van der Waals surface area contributed by atoms with E-state index in [1.165, 1.54) is 28.6 Å². The minimum Gasteiger partial charge on any atom is -0.352 e. The SMILES string of the molecule is C=CC(=O)NC1CN(S(=O)(=O)c2ccc(C(=O)NCCc3ccc4cccnc4c3)cc2)C1. The van der Waals surface area contributed by atoms with Gasteiger partial charge in [0, 0.05) is 36.8 Å². The second-order valence-electron chi connectivity index (χ2n) is 7.79. The third-order valence-electron chi connectivity index (χ3n) is 5.50. The van der Waals surface area contributed by atoms with Crippen molar-refractivity contribution in [3.63, 3.8) is 0 Å². The summed E-state index contributed by atoms with van der Waals surface area (Å²) in [5.41, 5.74) is 2.36. The fourth-order valence-corrected chi connectivity index (χ4v) is 5.13. The Morgan fingerprint density at radius 1 is 1.12 bits per heavy atom. The average Bonchev–Trinajstić information content (AvgIpc) is 2.80. The minimum atomic E-state index is -3.67. The molecule has 2 heterocycles. The van der Waals surface area contributed by atoms with E-state index in [0.29, 0.717) is 18.5 Å². The molecule has 1 saturated heterocycles. The van der Waals surface area contributed by atoms with Crippen molar-refractivity contribution in [2.45, 2.75) is 17.4 Å². The Morgan fingerprint density at radius 3 is 2.61 bits per heavy atom. The van der Waals surface area contributed by atoms with Crippen LogP contribution in [0.2, 0.25) is 0 Å². The van der Waals surface area contributed by atoms with Gasteiger partial charge < -0.3 is 10.6 Å². The Morgan fingerprint density at radius 2 is 1.88 bits per heavy atom. The number of carbonyl (C=O) groups is 2. The molecule has 9 heteroatoms. The van der Waals surface area contributed by atoms with Crippen LogP contribution >= 0.6 is 0 Å². The second-order valence-corrected chi connectivity index (χ2v) is 9.73. The monoisotopic (exact) mass is 464 g/mol. The van der Waals surface area contributed by atoms with Crippen molar-refractivity contribution < 1.29 is 18.0 Å². The van der Waals surface area contributed by atoms with Crippen molar-refractivity contribution in [3.8, 4) is 0 Å². The lowest BCUT2D eigenvalue weighted by atomic mass is 10.1. The van der Waals surface area contributed by atoms with E-state index in [1.54, 1.807) is 6.20 Å². The number of hydrogen-bond donors (Lipinski definition) is 2. The summed E-state index contributed by atoms with van der Waals surface area (Å²) in [7, 11) is -3.67. The third-order valence-corrected chi connectivity index (χ3v) is 7.35. The highest BCUT2D eigenvalue weighted by Gasteiger charge is 2.37. The lowest BCUT2D eigenvalue weighted by Gasteiger charge is -2.38. The Bertz CT molecular complexity index is 1300. The molecule has 0 spiro atoms. The number of fused-ring (bicyclic) bond motifs is 1. The number of aromatic nitrogens is 1. The van der Waals surface area contributed by atoms with E-state index in [0.717, 1.165) is 22.5 Å². The fraction of sp³-hybridized carbons (Fsp3) is 0.208. The number of benzene rings is 2. The van der Waals surface area contributed by atoms with Crippen molar-refractivity contribution in [3.05, 3.63) is 84.6 Å². The molecule has 0 bridgehead atoms. The molecule has 170 valence electrons. The van der Waals surface area contributed by atoms with Crippen LogP contribution in [0.5, 0.6) is 0 Å². The van der Waals surface area contributed by atoms with Crippen LogP contribution in [-0.2, 0) is 21.2 Å². The number of nitrogens with one attached hydrogen (secondary N) is 2. The van der Waals surface area contributed by atoms with Gasteiger partial charge in [-0.15, -0.1) is 0 Å². The molecule has 1 fully saturated rings. The smallest absolute Gasteiger partial charge is 0.251 e. The number of sulfonamides is 1. The molecular weight excluding hydrogens is 440 g/mol. The molecule has 8 nitrogen and oxygen atoms in total. The molecule has 0 radical (unpaired) electrons. The lowest BCUT2D eigenvalue weighted by Crippen LogP contribution is -2.60. The van der Waals surface area contributed by atoms with Crippen LogP contribution in [0, 0.1) is 0 Å². The summed E-state index contributed by atoms with van der Waals surface area (Å²) in [5, 5.41) is 6.59. The van der Waals surface area contributed by atoms with Crippen molar-refractivity contribution in [1.29, 1.82) is 0 Å². The number of hydrogen-bond acceptors (Lipinski definition) is 5. The molecule has 2 amide bonds. The maximum absolute atomic E-state index is 12.7. The van der Waals surface area contributed by atoms with Gasteiger partial charge in [-0.25, -0.2) is 8.42 Å². The summed E-state index contributed by atoms with van der Waals surface area (Å²) in [6.07, 6.45) is 3.56. The molecule has 1 aromatic heterocycles. The van der Waals surface area contributed by atoms with Crippen molar-refractivity contribution in [1.82, 2.24) is 19.9 Å². The molecule has 0 unspecified atom stereocenters. The molecule has 1 aliphatic rings. The Labute approximate surface area is 192 Å². The minimum absolute atomic E-state index is 0.108. The van der Waals surface area contributed by atoms with Gasteiger partial charge in [0.25, 0.3) is 5.91 Å². The summed E-state index contributed by atoms with van der Waals surface area (Å²) >= 11 is 0. The molecule has 1 aliphatic heterocycles. The van der Waals surface area contributed by atoms with Crippen LogP contribution in [-0.4, -0.2) is 55.2 Å².